The number of H-pyrrole nitrogens is 1. The molecule has 0 spiro atoms. The average molecular weight is 279 g/mol. The molecule has 0 aliphatic rings. The summed E-state index contributed by atoms with van der Waals surface area (Å²) in [6.07, 6.45) is 0. The highest BCUT2D eigenvalue weighted by Gasteiger charge is 2.12. The predicted octanol–water partition coefficient (Wildman–Crippen LogP) is 1.37. The van der Waals surface area contributed by atoms with Crippen molar-refractivity contribution in [3.8, 4) is 5.75 Å². The van der Waals surface area contributed by atoms with Crippen LogP contribution in [0.3, 0.4) is 0 Å². The molecule has 100 valence electrons. The summed E-state index contributed by atoms with van der Waals surface area (Å²) in [5, 5.41) is 19.2. The number of aromatic nitrogens is 3. The molecule has 0 aliphatic carbocycles. The number of ether oxygens (including phenoxy) is 1. The van der Waals surface area contributed by atoms with Crippen molar-refractivity contribution in [1.29, 1.82) is 0 Å². The maximum atomic E-state index is 8.79. The lowest BCUT2D eigenvalue weighted by Crippen LogP contribution is -2.14. The van der Waals surface area contributed by atoms with Crippen LogP contribution in [0.5, 0.6) is 5.75 Å². The number of rotatable bonds is 4. The van der Waals surface area contributed by atoms with Crippen LogP contribution in [0.2, 0.25) is 0 Å². The van der Waals surface area contributed by atoms with Gasteiger partial charge in [-0.2, -0.15) is 0 Å². The van der Waals surface area contributed by atoms with Crippen molar-refractivity contribution in [3.63, 3.8) is 0 Å². The first-order valence-corrected chi connectivity index (χ1v) is 6.18. The second kappa shape index (κ2) is 5.61. The molecule has 1 aromatic heterocycles. The van der Waals surface area contributed by atoms with Gasteiger partial charge in [0.25, 0.3) is 0 Å². The first kappa shape index (κ1) is 13.2. The Morgan fingerprint density at radius 2 is 2.32 bits per heavy atom. The highest BCUT2D eigenvalue weighted by Crippen LogP contribution is 2.31. The second-order valence-electron chi connectivity index (χ2n) is 3.65. The number of nitrogens with one attached hydrogen (secondary N) is 1. The fraction of sp³-hybridized carbons (Fsp3) is 0.182. The van der Waals surface area contributed by atoms with E-state index in [0.29, 0.717) is 16.5 Å². The minimum atomic E-state index is 0.0254. The van der Waals surface area contributed by atoms with Gasteiger partial charge >= 0.3 is 0 Å². The number of aromatic amines is 1. The third kappa shape index (κ3) is 2.97. The van der Waals surface area contributed by atoms with E-state index < -0.39 is 0 Å². The van der Waals surface area contributed by atoms with Gasteiger partial charge in [-0.15, -0.1) is 5.10 Å². The Labute approximate surface area is 113 Å². The summed E-state index contributed by atoms with van der Waals surface area (Å²) >= 11 is 1.30. The molecule has 0 aliphatic heterocycles. The highest BCUT2D eigenvalue weighted by atomic mass is 32.2. The first-order valence-electron chi connectivity index (χ1n) is 5.37. The summed E-state index contributed by atoms with van der Waals surface area (Å²) in [6.45, 7) is 1.81. The summed E-state index contributed by atoms with van der Waals surface area (Å²) in [5.74, 6) is 1.41. The molecule has 1 aromatic carbocycles. The van der Waals surface area contributed by atoms with E-state index in [4.69, 9.17) is 15.7 Å². The Bertz CT molecular complexity index is 611. The Balaban J connectivity index is 2.40. The monoisotopic (exact) mass is 279 g/mol. The van der Waals surface area contributed by atoms with Crippen molar-refractivity contribution >= 4 is 17.6 Å². The lowest BCUT2D eigenvalue weighted by molar-refractivity contribution is 0.318. The molecule has 2 aromatic rings. The lowest BCUT2D eigenvalue weighted by atomic mass is 10.2. The molecule has 2 rings (SSSR count). The van der Waals surface area contributed by atoms with E-state index >= 15 is 0 Å². The summed E-state index contributed by atoms with van der Waals surface area (Å²) in [5.41, 5.74) is 6.24. The van der Waals surface area contributed by atoms with Gasteiger partial charge in [0.15, 0.2) is 5.84 Å². The van der Waals surface area contributed by atoms with Crippen molar-refractivity contribution in [2.24, 2.45) is 10.9 Å². The van der Waals surface area contributed by atoms with Crippen molar-refractivity contribution in [2.45, 2.75) is 17.0 Å². The summed E-state index contributed by atoms with van der Waals surface area (Å²) in [7, 11) is 1.57. The number of methoxy groups -OCH3 is 1. The number of oxime groups is 1. The zero-order chi connectivity index (χ0) is 13.8. The fourth-order valence-corrected chi connectivity index (χ4v) is 2.37. The van der Waals surface area contributed by atoms with Gasteiger partial charge in [0, 0.05) is 10.5 Å². The summed E-state index contributed by atoms with van der Waals surface area (Å²) in [4.78, 5) is 4.94. The van der Waals surface area contributed by atoms with Gasteiger partial charge < -0.3 is 15.7 Å². The molecular formula is C11H13N5O2S. The third-order valence-electron chi connectivity index (χ3n) is 2.35. The Morgan fingerprint density at radius 1 is 1.53 bits per heavy atom. The number of benzene rings is 1. The van der Waals surface area contributed by atoms with Crippen LogP contribution in [0.25, 0.3) is 0 Å². The molecule has 19 heavy (non-hydrogen) atoms. The van der Waals surface area contributed by atoms with Crippen molar-refractivity contribution < 1.29 is 9.94 Å². The quantitative estimate of drug-likeness (QED) is 0.337. The standard InChI is InChI=1S/C11H13N5O2S/c1-6-13-11(15-14-6)19-9-5-7(18-2)3-4-8(9)10(12)16-17/h3-5,17H,1-2H3,(H2,12,16)(H,13,14,15). The molecule has 0 fully saturated rings. The van der Waals surface area contributed by atoms with E-state index in [2.05, 4.69) is 20.3 Å². The molecule has 0 radical (unpaired) electrons. The number of aryl methyl sites for hydroxylation is 1. The van der Waals surface area contributed by atoms with Gasteiger partial charge in [0.2, 0.25) is 5.16 Å². The van der Waals surface area contributed by atoms with E-state index in [0.717, 1.165) is 10.7 Å². The van der Waals surface area contributed by atoms with Crippen LogP contribution < -0.4 is 10.5 Å². The number of nitrogens with zero attached hydrogens (tertiary/aromatic N) is 3. The van der Waals surface area contributed by atoms with Crippen LogP contribution in [0.15, 0.2) is 33.4 Å². The highest BCUT2D eigenvalue weighted by molar-refractivity contribution is 7.99. The smallest absolute Gasteiger partial charge is 0.213 e. The normalized spacial score (nSPS) is 11.6. The Morgan fingerprint density at radius 3 is 2.89 bits per heavy atom. The van der Waals surface area contributed by atoms with Gasteiger partial charge in [-0.05, 0) is 36.9 Å². The third-order valence-corrected chi connectivity index (χ3v) is 3.27. The van der Waals surface area contributed by atoms with Gasteiger partial charge in [0.1, 0.15) is 11.6 Å². The van der Waals surface area contributed by atoms with E-state index in [1.54, 1.807) is 25.3 Å². The number of hydrogen-bond acceptors (Lipinski definition) is 6. The molecule has 8 heteroatoms. The molecule has 0 bridgehead atoms. The SMILES string of the molecule is COc1ccc(/C(N)=N/O)c(Sc2n[nH]c(C)n2)c1. The van der Waals surface area contributed by atoms with Gasteiger partial charge in [0.05, 0.1) is 7.11 Å². The van der Waals surface area contributed by atoms with E-state index in [9.17, 15) is 0 Å². The largest absolute Gasteiger partial charge is 0.497 e. The lowest BCUT2D eigenvalue weighted by Gasteiger charge is -2.08. The van der Waals surface area contributed by atoms with Crippen LogP contribution in [0, 0.1) is 6.92 Å². The molecule has 0 unspecified atom stereocenters. The summed E-state index contributed by atoms with van der Waals surface area (Å²) < 4.78 is 5.16. The van der Waals surface area contributed by atoms with Crippen LogP contribution in [0.1, 0.15) is 11.4 Å². The second-order valence-corrected chi connectivity index (χ2v) is 4.66. The number of nitrogens with two attached hydrogens (primary N) is 1. The number of amidine groups is 1. The minimum Gasteiger partial charge on any atom is -0.497 e. The zero-order valence-corrected chi connectivity index (χ0v) is 11.2. The topological polar surface area (TPSA) is 109 Å². The Kier molecular flexibility index (Phi) is 3.91. The van der Waals surface area contributed by atoms with E-state index in [1.165, 1.54) is 11.8 Å². The first-order chi connectivity index (χ1) is 9.13. The molecule has 1 heterocycles. The predicted molar refractivity (Wildman–Crippen MR) is 70.7 cm³/mol. The molecule has 0 saturated heterocycles. The number of hydrogen-bond donors (Lipinski definition) is 3. The van der Waals surface area contributed by atoms with Gasteiger partial charge in [-0.1, -0.05) is 5.16 Å². The van der Waals surface area contributed by atoms with Crippen LogP contribution in [-0.2, 0) is 0 Å². The van der Waals surface area contributed by atoms with E-state index in [-0.39, 0.29) is 5.84 Å². The van der Waals surface area contributed by atoms with Crippen molar-refractivity contribution in [2.75, 3.05) is 7.11 Å². The molecule has 0 atom stereocenters. The Hall–Kier alpha value is -2.22. The van der Waals surface area contributed by atoms with Gasteiger partial charge in [-0.25, -0.2) is 4.98 Å². The van der Waals surface area contributed by atoms with Crippen LogP contribution in [-0.4, -0.2) is 33.3 Å². The van der Waals surface area contributed by atoms with Crippen LogP contribution in [0.4, 0.5) is 0 Å². The zero-order valence-electron chi connectivity index (χ0n) is 10.4. The average Bonchev–Trinajstić information content (AvgIpc) is 2.83. The van der Waals surface area contributed by atoms with Crippen molar-refractivity contribution in [1.82, 2.24) is 15.2 Å². The molecule has 0 amide bonds. The molecule has 4 N–H and O–H groups in total. The molecular weight excluding hydrogens is 266 g/mol. The van der Waals surface area contributed by atoms with Crippen LogP contribution >= 0.6 is 11.8 Å². The minimum absolute atomic E-state index is 0.0254. The molecule has 0 saturated carbocycles. The fourth-order valence-electron chi connectivity index (χ4n) is 1.45. The van der Waals surface area contributed by atoms with Crippen molar-refractivity contribution in [3.05, 3.63) is 29.6 Å². The van der Waals surface area contributed by atoms with E-state index in [1.807, 2.05) is 6.92 Å². The maximum absolute atomic E-state index is 8.79. The maximum Gasteiger partial charge on any atom is 0.213 e. The summed E-state index contributed by atoms with van der Waals surface area (Å²) in [6, 6.07) is 5.24. The van der Waals surface area contributed by atoms with Gasteiger partial charge in [-0.3, -0.25) is 5.10 Å². The molecule has 7 nitrogen and oxygen atoms in total.